The Morgan fingerprint density at radius 3 is 2.14 bits per heavy atom. The van der Waals surface area contributed by atoms with Gasteiger partial charge in [0, 0.05) is 0 Å². The zero-order valence-electron chi connectivity index (χ0n) is 11.3. The van der Waals surface area contributed by atoms with Crippen LogP contribution in [-0.4, -0.2) is 39.6 Å². The summed E-state index contributed by atoms with van der Waals surface area (Å²) in [7, 11) is 1.21. The van der Waals surface area contributed by atoms with Gasteiger partial charge in [0.05, 0.1) is 19.1 Å². The fraction of sp³-hybridized carbons (Fsp3) is 0.462. The maximum atomic E-state index is 12.4. The van der Waals surface area contributed by atoms with Crippen molar-refractivity contribution in [2.24, 2.45) is 0 Å². The molecule has 1 aromatic carbocycles. The molecule has 1 aromatic rings. The van der Waals surface area contributed by atoms with Crippen molar-refractivity contribution in [3.63, 3.8) is 0 Å². The number of hydrogen-bond donors (Lipinski definition) is 0. The van der Waals surface area contributed by atoms with E-state index in [2.05, 4.69) is 18.9 Å². The predicted octanol–water partition coefficient (Wildman–Crippen LogP) is 2.50. The Bertz CT molecular complexity index is 438. The number of carbonyl (C=O) groups excluding carboxylic acids is 1. The minimum atomic E-state index is -2.24. The van der Waals surface area contributed by atoms with Crippen LogP contribution in [0.3, 0.4) is 0 Å². The van der Waals surface area contributed by atoms with Crippen molar-refractivity contribution < 1.29 is 36.9 Å². The highest BCUT2D eigenvalue weighted by Gasteiger charge is 2.35. The Hall–Kier alpha value is -1.64. The lowest BCUT2D eigenvalue weighted by atomic mass is 10.1. The van der Waals surface area contributed by atoms with Crippen LogP contribution in [0.5, 0.6) is 0 Å². The fourth-order valence-corrected chi connectivity index (χ4v) is 1.70. The molecule has 0 fully saturated rings. The summed E-state index contributed by atoms with van der Waals surface area (Å²) in [5, 5.41) is 0. The first-order chi connectivity index (χ1) is 10.1. The SMILES string of the molecule is COC(=O)c1cccc(CC(OCF)(OCF)OCF)c1. The first-order valence-corrected chi connectivity index (χ1v) is 5.88. The van der Waals surface area contributed by atoms with Gasteiger partial charge in [0.25, 0.3) is 5.97 Å². The average Bonchev–Trinajstić information content (AvgIpc) is 2.47. The standard InChI is InChI=1S/C13H15F3O5/c1-18-12(17)11-4-2-3-10(5-11)6-13(19-7-14,20-8-15)21-9-16/h2-5H,6-9H2,1H3. The fourth-order valence-electron chi connectivity index (χ4n) is 1.70. The highest BCUT2D eigenvalue weighted by atomic mass is 19.1. The van der Waals surface area contributed by atoms with Crippen LogP contribution in [0.15, 0.2) is 24.3 Å². The molecule has 0 N–H and O–H groups in total. The van der Waals surface area contributed by atoms with Gasteiger partial charge < -0.3 is 4.74 Å². The van der Waals surface area contributed by atoms with Crippen LogP contribution in [0.2, 0.25) is 0 Å². The highest BCUT2D eigenvalue weighted by Crippen LogP contribution is 2.23. The Labute approximate surface area is 119 Å². The molecule has 0 saturated heterocycles. The van der Waals surface area contributed by atoms with E-state index in [0.29, 0.717) is 5.56 Å². The van der Waals surface area contributed by atoms with Gasteiger partial charge in [-0.15, -0.1) is 0 Å². The molecule has 0 heterocycles. The molecule has 0 amide bonds. The molecule has 1 rings (SSSR count). The third-order valence-electron chi connectivity index (χ3n) is 2.59. The quantitative estimate of drug-likeness (QED) is 0.518. The van der Waals surface area contributed by atoms with E-state index >= 15 is 0 Å². The molecular formula is C13H15F3O5. The molecule has 5 nitrogen and oxygen atoms in total. The van der Waals surface area contributed by atoms with E-state index in [0.717, 1.165) is 0 Å². The Balaban J connectivity index is 2.98. The lowest BCUT2D eigenvalue weighted by Crippen LogP contribution is -2.41. The van der Waals surface area contributed by atoms with Crippen LogP contribution in [0.4, 0.5) is 13.2 Å². The van der Waals surface area contributed by atoms with E-state index in [1.165, 1.54) is 31.4 Å². The van der Waals surface area contributed by atoms with Crippen molar-refractivity contribution in [1.29, 1.82) is 0 Å². The first kappa shape index (κ1) is 17.4. The first-order valence-electron chi connectivity index (χ1n) is 5.88. The lowest BCUT2D eigenvalue weighted by molar-refractivity contribution is -0.403. The van der Waals surface area contributed by atoms with Crippen molar-refractivity contribution in [2.45, 2.75) is 12.4 Å². The molecule has 0 unspecified atom stereocenters. The summed E-state index contributed by atoms with van der Waals surface area (Å²) in [4.78, 5) is 11.4. The molecule has 0 bridgehead atoms. The summed E-state index contributed by atoms with van der Waals surface area (Å²) < 4.78 is 55.3. The normalized spacial score (nSPS) is 11.4. The number of methoxy groups -OCH3 is 1. The average molecular weight is 308 g/mol. The van der Waals surface area contributed by atoms with Crippen molar-refractivity contribution >= 4 is 5.97 Å². The van der Waals surface area contributed by atoms with Crippen LogP contribution in [0, 0.1) is 0 Å². The zero-order chi connectivity index (χ0) is 15.7. The molecule has 0 saturated carbocycles. The summed E-state index contributed by atoms with van der Waals surface area (Å²) in [5.74, 6) is -2.83. The maximum absolute atomic E-state index is 12.4. The Morgan fingerprint density at radius 2 is 1.67 bits per heavy atom. The summed E-state index contributed by atoms with van der Waals surface area (Å²) in [6.45, 7) is -4.09. The van der Waals surface area contributed by atoms with Crippen LogP contribution >= 0.6 is 0 Å². The van der Waals surface area contributed by atoms with Crippen LogP contribution in [0.1, 0.15) is 15.9 Å². The number of alkyl halides is 3. The van der Waals surface area contributed by atoms with E-state index in [1.54, 1.807) is 0 Å². The van der Waals surface area contributed by atoms with Crippen LogP contribution < -0.4 is 0 Å². The van der Waals surface area contributed by atoms with Gasteiger partial charge >= 0.3 is 5.97 Å². The number of carbonyl (C=O) groups is 1. The minimum Gasteiger partial charge on any atom is -0.465 e. The molecule has 21 heavy (non-hydrogen) atoms. The van der Waals surface area contributed by atoms with E-state index in [9.17, 15) is 18.0 Å². The molecule has 0 aliphatic rings. The summed E-state index contributed by atoms with van der Waals surface area (Å²) >= 11 is 0. The third-order valence-corrected chi connectivity index (χ3v) is 2.59. The topological polar surface area (TPSA) is 54.0 Å². The molecule has 8 heteroatoms. The number of halogens is 3. The van der Waals surface area contributed by atoms with Gasteiger partial charge in [-0.05, 0) is 17.7 Å². The molecular weight excluding hydrogens is 293 g/mol. The number of rotatable bonds is 9. The van der Waals surface area contributed by atoms with E-state index in [1.807, 2.05) is 0 Å². The second kappa shape index (κ2) is 8.60. The lowest BCUT2D eigenvalue weighted by Gasteiger charge is -2.29. The number of ether oxygens (including phenoxy) is 4. The summed E-state index contributed by atoms with van der Waals surface area (Å²) in [6.07, 6.45) is -0.324. The van der Waals surface area contributed by atoms with E-state index < -0.39 is 32.5 Å². The van der Waals surface area contributed by atoms with Gasteiger partial charge in [0.2, 0.25) is 0 Å². The molecule has 0 aromatic heterocycles. The third kappa shape index (κ3) is 5.00. The van der Waals surface area contributed by atoms with E-state index in [-0.39, 0.29) is 12.0 Å². The van der Waals surface area contributed by atoms with Crippen LogP contribution in [0.25, 0.3) is 0 Å². The molecule has 0 radical (unpaired) electrons. The van der Waals surface area contributed by atoms with Crippen molar-refractivity contribution in [2.75, 3.05) is 27.7 Å². The van der Waals surface area contributed by atoms with Gasteiger partial charge in [0.1, 0.15) is 0 Å². The van der Waals surface area contributed by atoms with Gasteiger partial charge in [-0.25, -0.2) is 18.0 Å². The van der Waals surface area contributed by atoms with Gasteiger partial charge in [-0.3, -0.25) is 14.2 Å². The molecule has 0 aliphatic heterocycles. The number of esters is 1. The van der Waals surface area contributed by atoms with Crippen molar-refractivity contribution in [1.82, 2.24) is 0 Å². The maximum Gasteiger partial charge on any atom is 0.337 e. The Kier molecular flexibility index (Phi) is 7.13. The van der Waals surface area contributed by atoms with Gasteiger partial charge in [-0.2, -0.15) is 0 Å². The monoisotopic (exact) mass is 308 g/mol. The van der Waals surface area contributed by atoms with Gasteiger partial charge in [0.15, 0.2) is 20.6 Å². The van der Waals surface area contributed by atoms with Gasteiger partial charge in [-0.1, -0.05) is 12.1 Å². The number of benzene rings is 1. The van der Waals surface area contributed by atoms with Crippen molar-refractivity contribution in [3.05, 3.63) is 35.4 Å². The van der Waals surface area contributed by atoms with E-state index in [4.69, 9.17) is 0 Å². The molecule has 0 atom stereocenters. The largest absolute Gasteiger partial charge is 0.465 e. The predicted molar refractivity (Wildman–Crippen MR) is 65.4 cm³/mol. The van der Waals surface area contributed by atoms with Crippen LogP contribution in [-0.2, 0) is 25.4 Å². The molecule has 0 aliphatic carbocycles. The second-order valence-corrected chi connectivity index (χ2v) is 3.81. The molecule has 0 spiro atoms. The second-order valence-electron chi connectivity index (χ2n) is 3.81. The summed E-state index contributed by atoms with van der Waals surface area (Å²) in [5.41, 5.74) is 0.595. The van der Waals surface area contributed by atoms with Crippen molar-refractivity contribution in [3.8, 4) is 0 Å². The minimum absolute atomic E-state index is 0.213. The molecule has 118 valence electrons. The Morgan fingerprint density at radius 1 is 1.10 bits per heavy atom. The zero-order valence-corrected chi connectivity index (χ0v) is 11.3. The number of hydrogen-bond acceptors (Lipinski definition) is 5. The summed E-state index contributed by atoms with van der Waals surface area (Å²) in [6, 6.07) is 5.93. The highest BCUT2D eigenvalue weighted by molar-refractivity contribution is 5.89. The smallest absolute Gasteiger partial charge is 0.337 e.